The molecule has 2 saturated heterocycles. The summed E-state index contributed by atoms with van der Waals surface area (Å²) in [5.41, 5.74) is 2.21. The molecule has 1 aliphatic carbocycles. The van der Waals surface area contributed by atoms with Crippen LogP contribution in [0.3, 0.4) is 0 Å². The minimum Gasteiger partial charge on any atom is -0.321 e. The van der Waals surface area contributed by atoms with Gasteiger partial charge in [-0.2, -0.15) is 18.3 Å². The van der Waals surface area contributed by atoms with Crippen LogP contribution in [-0.4, -0.2) is 66.2 Å². The van der Waals surface area contributed by atoms with Gasteiger partial charge in [-0.3, -0.25) is 33.5 Å². The maximum Gasteiger partial charge on any atom is 0.433 e. The van der Waals surface area contributed by atoms with Crippen molar-refractivity contribution in [2.45, 2.75) is 62.7 Å². The van der Waals surface area contributed by atoms with Crippen molar-refractivity contribution < 1.29 is 27.6 Å². The number of rotatable bonds is 7. The van der Waals surface area contributed by atoms with Crippen LogP contribution in [0.5, 0.6) is 0 Å². The van der Waals surface area contributed by atoms with E-state index in [0.29, 0.717) is 18.0 Å². The van der Waals surface area contributed by atoms with E-state index in [2.05, 4.69) is 26.6 Å². The molecule has 1 atom stereocenters. The molecule has 8 rings (SSSR count). The van der Waals surface area contributed by atoms with Gasteiger partial charge >= 0.3 is 11.9 Å². The second-order valence-corrected chi connectivity index (χ2v) is 14.2. The zero-order valence-electron chi connectivity index (χ0n) is 28.4. The van der Waals surface area contributed by atoms with E-state index in [1.165, 1.54) is 6.07 Å². The molecule has 15 heteroatoms. The lowest BCUT2D eigenvalue weighted by Gasteiger charge is -2.41. The molecule has 5 aromatic rings. The van der Waals surface area contributed by atoms with Crippen molar-refractivity contribution in [3.05, 3.63) is 88.2 Å². The molecule has 3 amide bonds. The molecule has 1 unspecified atom stereocenters. The number of fused-ring (bicyclic) bond motifs is 2. The van der Waals surface area contributed by atoms with E-state index in [0.717, 1.165) is 85.0 Å². The van der Waals surface area contributed by atoms with Crippen LogP contribution in [0.15, 0.2) is 65.6 Å². The van der Waals surface area contributed by atoms with Gasteiger partial charge in [0.15, 0.2) is 0 Å². The molecule has 52 heavy (non-hydrogen) atoms. The molecule has 0 radical (unpaired) electrons. The van der Waals surface area contributed by atoms with Crippen LogP contribution < -0.4 is 16.3 Å². The summed E-state index contributed by atoms with van der Waals surface area (Å²) in [4.78, 5) is 56.4. The molecular formula is C37H37F3N8O4. The summed E-state index contributed by atoms with van der Waals surface area (Å²) in [5, 5.41) is 10.6. The van der Waals surface area contributed by atoms with Crippen molar-refractivity contribution in [1.29, 1.82) is 0 Å². The van der Waals surface area contributed by atoms with Crippen LogP contribution in [0.25, 0.3) is 21.9 Å². The van der Waals surface area contributed by atoms with Crippen LogP contribution in [-0.2, 0) is 22.8 Å². The first-order valence-corrected chi connectivity index (χ1v) is 17.5. The maximum absolute atomic E-state index is 13.4. The number of amides is 3. The number of nitrogens with one attached hydrogen (secondary N) is 2. The molecule has 0 spiro atoms. The van der Waals surface area contributed by atoms with E-state index in [4.69, 9.17) is 5.10 Å². The number of benzene rings is 2. The number of imide groups is 1. The highest BCUT2D eigenvalue weighted by Crippen LogP contribution is 2.40. The highest BCUT2D eigenvalue weighted by molar-refractivity contribution is 6.04. The molecule has 1 saturated carbocycles. The fraction of sp³-hybridized carbons (Fsp3) is 0.405. The number of alkyl halides is 3. The number of pyridine rings is 1. The van der Waals surface area contributed by atoms with Gasteiger partial charge < -0.3 is 10.2 Å². The van der Waals surface area contributed by atoms with Crippen molar-refractivity contribution >= 4 is 45.3 Å². The second kappa shape index (κ2) is 13.0. The summed E-state index contributed by atoms with van der Waals surface area (Å²) in [6, 6.07) is 13.9. The van der Waals surface area contributed by atoms with Crippen LogP contribution in [0.4, 0.5) is 18.9 Å². The number of aromatic nitrogens is 5. The summed E-state index contributed by atoms with van der Waals surface area (Å²) in [5.74, 6) is -0.652. The van der Waals surface area contributed by atoms with E-state index < -0.39 is 29.7 Å². The van der Waals surface area contributed by atoms with Crippen LogP contribution in [0, 0.1) is 5.92 Å². The number of carbonyl (C=O) groups excluding carboxylic acids is 3. The largest absolute Gasteiger partial charge is 0.433 e. The Balaban J connectivity index is 0.865. The van der Waals surface area contributed by atoms with Crippen LogP contribution >= 0.6 is 0 Å². The van der Waals surface area contributed by atoms with Crippen molar-refractivity contribution in [3.63, 3.8) is 0 Å². The summed E-state index contributed by atoms with van der Waals surface area (Å²) >= 11 is 0. The van der Waals surface area contributed by atoms with Crippen molar-refractivity contribution in [2.75, 3.05) is 25.0 Å². The van der Waals surface area contributed by atoms with Gasteiger partial charge in [0.2, 0.25) is 11.8 Å². The van der Waals surface area contributed by atoms with E-state index in [-0.39, 0.29) is 35.7 Å². The number of hydrogen-bond donors (Lipinski definition) is 2. The molecule has 3 aromatic heterocycles. The fourth-order valence-corrected chi connectivity index (χ4v) is 8.11. The Hall–Kier alpha value is -5.31. The lowest BCUT2D eigenvalue weighted by Crippen LogP contribution is -2.44. The average molecular weight is 715 g/mol. The van der Waals surface area contributed by atoms with E-state index in [9.17, 15) is 32.3 Å². The zero-order chi connectivity index (χ0) is 36.3. The molecule has 2 aliphatic heterocycles. The van der Waals surface area contributed by atoms with Gasteiger partial charge in [0.05, 0.1) is 22.6 Å². The number of hydrogen-bond acceptors (Lipinski definition) is 7. The Labute approximate surface area is 295 Å². The third kappa shape index (κ3) is 6.26. The molecule has 2 N–H and O–H groups in total. The normalized spacial score (nSPS) is 21.7. The molecule has 0 bridgehead atoms. The SMILES string of the molecule is Cn1c(=O)n(C2CCC(=O)NC2=O)c2cccc(C3CCN(C[C@H]4C[C@H](n5cc6cc(NC(=O)c7cccc(C(F)(F)F)n7)ccc6n5)C4)CC3)c21. The van der Waals surface area contributed by atoms with Gasteiger partial charge in [-0.25, -0.2) is 9.78 Å². The minimum absolute atomic E-state index is 0.204. The molecule has 2 aromatic carbocycles. The predicted octanol–water partition coefficient (Wildman–Crippen LogP) is 5.16. The Kier molecular flexibility index (Phi) is 8.47. The zero-order valence-corrected chi connectivity index (χ0v) is 28.4. The van der Waals surface area contributed by atoms with Gasteiger partial charge in [-0.05, 0) is 99.0 Å². The number of anilines is 1. The molecule has 270 valence electrons. The van der Waals surface area contributed by atoms with Crippen LogP contribution in [0.1, 0.15) is 78.3 Å². The second-order valence-electron chi connectivity index (χ2n) is 14.2. The Morgan fingerprint density at radius 2 is 1.77 bits per heavy atom. The third-order valence-electron chi connectivity index (χ3n) is 10.8. The number of para-hydroxylation sites is 1. The van der Waals surface area contributed by atoms with Gasteiger partial charge in [-0.15, -0.1) is 0 Å². The molecule has 3 aliphatic rings. The van der Waals surface area contributed by atoms with Gasteiger partial charge in [0.25, 0.3) is 5.91 Å². The average Bonchev–Trinajstić information content (AvgIpc) is 3.63. The van der Waals surface area contributed by atoms with E-state index in [1.807, 2.05) is 23.0 Å². The Bertz CT molecular complexity index is 2280. The summed E-state index contributed by atoms with van der Waals surface area (Å²) < 4.78 is 44.3. The minimum atomic E-state index is -4.64. The van der Waals surface area contributed by atoms with Gasteiger partial charge in [0.1, 0.15) is 17.4 Å². The number of piperidine rings is 2. The summed E-state index contributed by atoms with van der Waals surface area (Å²) in [6.07, 6.45) is 1.72. The molecular weight excluding hydrogens is 677 g/mol. The lowest BCUT2D eigenvalue weighted by molar-refractivity contribution is -0.141. The quantitative estimate of drug-likeness (QED) is 0.222. The molecule has 12 nitrogen and oxygen atoms in total. The fourth-order valence-electron chi connectivity index (χ4n) is 8.11. The third-order valence-corrected chi connectivity index (χ3v) is 10.8. The number of carbonyl (C=O) groups is 3. The monoisotopic (exact) mass is 714 g/mol. The Morgan fingerprint density at radius 3 is 2.52 bits per heavy atom. The standard InChI is InChI=1S/C37H37F3N8O4/c1-45-33-26(4-2-6-29(33)48(36(45)52)30-10-11-32(49)43-35(30)51)22-12-14-46(15-13-22)19-21-16-25(17-21)47-20-23-18-24(8-9-27(23)44-47)41-34(50)28-5-3-7-31(42-28)37(38,39)40/h2-9,18,20-22,25,30H,10-17,19H2,1H3,(H,41,50)(H,43,49,51)/t21-,25-,30?. The van der Waals surface area contributed by atoms with Crippen molar-refractivity contribution in [3.8, 4) is 0 Å². The smallest absolute Gasteiger partial charge is 0.321 e. The summed E-state index contributed by atoms with van der Waals surface area (Å²) in [6.45, 7) is 2.89. The molecule has 5 heterocycles. The van der Waals surface area contributed by atoms with Gasteiger partial charge in [0, 0.05) is 37.3 Å². The van der Waals surface area contributed by atoms with Crippen molar-refractivity contribution in [1.82, 2.24) is 34.1 Å². The first kappa shape index (κ1) is 33.8. The van der Waals surface area contributed by atoms with Gasteiger partial charge in [-0.1, -0.05) is 18.2 Å². The van der Waals surface area contributed by atoms with Crippen LogP contribution in [0.2, 0.25) is 0 Å². The predicted molar refractivity (Wildman–Crippen MR) is 186 cm³/mol. The number of likely N-dealkylation sites (tertiary alicyclic amines) is 1. The summed E-state index contributed by atoms with van der Waals surface area (Å²) in [7, 11) is 1.75. The highest BCUT2D eigenvalue weighted by atomic mass is 19.4. The first-order chi connectivity index (χ1) is 24.9. The number of halogens is 3. The number of nitrogens with zero attached hydrogens (tertiary/aromatic N) is 6. The number of imidazole rings is 1. The van der Waals surface area contributed by atoms with E-state index >= 15 is 0 Å². The lowest BCUT2D eigenvalue weighted by atomic mass is 9.79. The van der Waals surface area contributed by atoms with E-state index in [1.54, 1.807) is 34.4 Å². The topological polar surface area (TPSA) is 136 Å². The first-order valence-electron chi connectivity index (χ1n) is 17.5. The highest BCUT2D eigenvalue weighted by Gasteiger charge is 2.36. The maximum atomic E-state index is 13.4. The van der Waals surface area contributed by atoms with Crippen molar-refractivity contribution in [2.24, 2.45) is 13.0 Å². The Morgan fingerprint density at radius 1 is 1.00 bits per heavy atom. The molecule has 3 fully saturated rings. The number of aryl methyl sites for hydroxylation is 1.